The van der Waals surface area contributed by atoms with Gasteiger partial charge in [0.15, 0.2) is 5.96 Å². The first-order valence-electron chi connectivity index (χ1n) is 13.1. The van der Waals surface area contributed by atoms with E-state index in [0.29, 0.717) is 6.42 Å². The van der Waals surface area contributed by atoms with Gasteiger partial charge in [-0.05, 0) is 32.1 Å². The molecule has 5 atom stereocenters. The molecule has 1 aliphatic rings. The van der Waals surface area contributed by atoms with Crippen LogP contribution in [0.25, 0.3) is 0 Å². The van der Waals surface area contributed by atoms with Crippen molar-refractivity contribution in [3.05, 3.63) is 0 Å². The van der Waals surface area contributed by atoms with Crippen LogP contribution >= 0.6 is 12.6 Å². The van der Waals surface area contributed by atoms with E-state index in [1.54, 1.807) is 0 Å². The van der Waals surface area contributed by atoms with Crippen molar-refractivity contribution in [1.82, 2.24) is 20.9 Å². The van der Waals surface area contributed by atoms with E-state index >= 15 is 0 Å². The molecule has 1 aliphatic heterocycles. The highest BCUT2D eigenvalue weighted by Crippen LogP contribution is 2.19. The van der Waals surface area contributed by atoms with Gasteiger partial charge in [-0.2, -0.15) is 12.6 Å². The average molecular weight is 617 g/mol. The number of guanidine groups is 1. The van der Waals surface area contributed by atoms with E-state index in [-0.39, 0.29) is 56.9 Å². The van der Waals surface area contributed by atoms with E-state index in [0.717, 1.165) is 0 Å². The minimum absolute atomic E-state index is 0.0347. The number of nitrogens with zero attached hydrogens (tertiary/aromatic N) is 2. The summed E-state index contributed by atoms with van der Waals surface area (Å²) in [5.74, 6) is -6.43. The van der Waals surface area contributed by atoms with Crippen molar-refractivity contribution in [3.63, 3.8) is 0 Å². The van der Waals surface area contributed by atoms with Crippen molar-refractivity contribution in [2.45, 2.75) is 75.2 Å². The summed E-state index contributed by atoms with van der Waals surface area (Å²) in [4.78, 5) is 90.8. The van der Waals surface area contributed by atoms with Crippen molar-refractivity contribution in [3.8, 4) is 0 Å². The van der Waals surface area contributed by atoms with E-state index in [4.69, 9.17) is 28.7 Å². The second-order valence-electron chi connectivity index (χ2n) is 9.62. The maximum absolute atomic E-state index is 13.3. The van der Waals surface area contributed by atoms with Crippen LogP contribution in [0.5, 0.6) is 0 Å². The van der Waals surface area contributed by atoms with Crippen LogP contribution in [0.15, 0.2) is 4.99 Å². The molecule has 1 fully saturated rings. The number of amides is 6. The number of likely N-dealkylation sites (tertiary alicyclic amines) is 1. The van der Waals surface area contributed by atoms with Gasteiger partial charge in [-0.15, -0.1) is 0 Å². The zero-order valence-corrected chi connectivity index (χ0v) is 23.9. The summed E-state index contributed by atoms with van der Waals surface area (Å²) in [7, 11) is 0. The number of carbonyl (C=O) groups excluding carboxylic acids is 6. The molecule has 0 aromatic rings. The van der Waals surface area contributed by atoms with Crippen LogP contribution in [-0.2, 0) is 33.6 Å². The standard InChI is InChI=1S/C23H40N10O8S/c24-11(5-6-16(25)34)18(36)31-13(9-17(26)35)19(37)32-14(10-42)21(39)33-8-2-4-15(33)20(38)30-12(22(40)41)3-1-7-29-23(27)28/h11-15,42H,1-10,24H2,(H2,25,34)(H2,26,35)(H,30,38)(H,31,36)(H,32,37)(H,40,41)(H4,27,28,29). The fourth-order valence-corrected chi connectivity index (χ4v) is 4.36. The molecule has 0 aromatic heterocycles. The average Bonchev–Trinajstić information content (AvgIpc) is 3.40. The van der Waals surface area contributed by atoms with E-state index < -0.39 is 78.0 Å². The molecule has 1 heterocycles. The Morgan fingerprint density at radius 1 is 0.905 bits per heavy atom. The summed E-state index contributed by atoms with van der Waals surface area (Å²) >= 11 is 4.12. The molecule has 0 saturated carbocycles. The molecule has 0 aromatic carbocycles. The van der Waals surface area contributed by atoms with E-state index in [2.05, 4.69) is 33.6 Å². The minimum Gasteiger partial charge on any atom is -0.480 e. The number of nitrogens with one attached hydrogen (secondary N) is 3. The summed E-state index contributed by atoms with van der Waals surface area (Å²) in [6, 6.07) is -6.26. The summed E-state index contributed by atoms with van der Waals surface area (Å²) in [5, 5.41) is 16.6. The second-order valence-corrected chi connectivity index (χ2v) is 9.99. The number of primary amides is 2. The molecule has 236 valence electrons. The second kappa shape index (κ2) is 17.6. The van der Waals surface area contributed by atoms with Gasteiger partial charge < -0.3 is 54.6 Å². The van der Waals surface area contributed by atoms with E-state index in [1.165, 1.54) is 4.90 Å². The van der Waals surface area contributed by atoms with Crippen molar-refractivity contribution in [2.75, 3.05) is 18.8 Å². The first kappa shape index (κ1) is 35.9. The Bertz CT molecular complexity index is 1050. The fraction of sp³-hybridized carbons (Fsp3) is 0.652. The van der Waals surface area contributed by atoms with Crippen molar-refractivity contribution in [2.24, 2.45) is 33.7 Å². The normalized spacial score (nSPS) is 17.2. The molecule has 14 N–H and O–H groups in total. The smallest absolute Gasteiger partial charge is 0.326 e. The Balaban J connectivity index is 2.92. The van der Waals surface area contributed by atoms with E-state index in [9.17, 15) is 38.7 Å². The Labute approximate surface area is 247 Å². The third kappa shape index (κ3) is 12.2. The quantitative estimate of drug-likeness (QED) is 0.0300. The molecule has 6 amide bonds. The Morgan fingerprint density at radius 3 is 2.10 bits per heavy atom. The summed E-state index contributed by atoms with van der Waals surface area (Å²) in [6.45, 7) is 0.311. The van der Waals surface area contributed by atoms with Gasteiger partial charge >= 0.3 is 5.97 Å². The number of hydrogen-bond donors (Lipinski definition) is 10. The third-order valence-corrected chi connectivity index (χ3v) is 6.64. The fourth-order valence-electron chi connectivity index (χ4n) is 4.11. The van der Waals surface area contributed by atoms with Crippen LogP contribution in [0.2, 0.25) is 0 Å². The number of carboxylic acids is 1. The van der Waals surface area contributed by atoms with Gasteiger partial charge in [0.1, 0.15) is 24.2 Å². The Hall–Kier alpha value is -4.13. The topological polar surface area (TPSA) is 322 Å². The molecule has 18 nitrogen and oxygen atoms in total. The largest absolute Gasteiger partial charge is 0.480 e. The lowest BCUT2D eigenvalue weighted by atomic mass is 10.1. The van der Waals surface area contributed by atoms with Crippen LogP contribution in [0.3, 0.4) is 0 Å². The molecule has 1 rings (SSSR count). The molecule has 0 radical (unpaired) electrons. The summed E-state index contributed by atoms with van der Waals surface area (Å²) < 4.78 is 0. The number of hydrogen-bond acceptors (Lipinski definition) is 10. The summed E-state index contributed by atoms with van der Waals surface area (Å²) in [6.07, 6.45) is 0.0659. The molecule has 1 saturated heterocycles. The zero-order chi connectivity index (χ0) is 32.0. The highest BCUT2D eigenvalue weighted by molar-refractivity contribution is 7.80. The van der Waals surface area contributed by atoms with Gasteiger partial charge in [-0.25, -0.2) is 4.79 Å². The number of nitrogens with two attached hydrogens (primary N) is 5. The number of thiol groups is 1. The third-order valence-electron chi connectivity index (χ3n) is 6.27. The molecule has 5 unspecified atom stereocenters. The maximum Gasteiger partial charge on any atom is 0.326 e. The molecular weight excluding hydrogens is 576 g/mol. The minimum atomic E-state index is -1.50. The molecule has 42 heavy (non-hydrogen) atoms. The highest BCUT2D eigenvalue weighted by atomic mass is 32.1. The first-order chi connectivity index (χ1) is 19.7. The molecule has 0 bridgehead atoms. The number of aliphatic carboxylic acids is 1. The Kier molecular flexibility index (Phi) is 15.1. The summed E-state index contributed by atoms with van der Waals surface area (Å²) in [5.41, 5.74) is 26.5. The lowest BCUT2D eigenvalue weighted by Crippen LogP contribution is -2.59. The van der Waals surface area contributed by atoms with E-state index in [1.807, 2.05) is 0 Å². The maximum atomic E-state index is 13.3. The van der Waals surface area contributed by atoms with Crippen LogP contribution in [0.1, 0.15) is 44.9 Å². The van der Waals surface area contributed by atoms with Gasteiger partial charge in [-0.1, -0.05) is 0 Å². The van der Waals surface area contributed by atoms with Gasteiger partial charge in [0.25, 0.3) is 0 Å². The SMILES string of the molecule is NC(=O)CCC(N)C(=O)NC(CC(N)=O)C(=O)NC(CS)C(=O)N1CCCC1C(=O)NC(CCCN=C(N)N)C(=O)O. The number of aliphatic imine (C=N–C) groups is 1. The molecule has 19 heteroatoms. The Morgan fingerprint density at radius 2 is 1.55 bits per heavy atom. The lowest BCUT2D eigenvalue weighted by Gasteiger charge is -2.29. The van der Waals surface area contributed by atoms with Gasteiger partial charge in [0.05, 0.1) is 12.5 Å². The van der Waals surface area contributed by atoms with Crippen LogP contribution in [-0.4, -0.2) is 106 Å². The predicted octanol–water partition coefficient (Wildman–Crippen LogP) is -5.03. The van der Waals surface area contributed by atoms with Crippen LogP contribution in [0, 0.1) is 0 Å². The van der Waals surface area contributed by atoms with Crippen molar-refractivity contribution in [1.29, 1.82) is 0 Å². The lowest BCUT2D eigenvalue weighted by molar-refractivity contribution is -0.144. The number of rotatable bonds is 18. The van der Waals surface area contributed by atoms with Crippen molar-refractivity contribution >= 4 is 60.0 Å². The highest BCUT2D eigenvalue weighted by Gasteiger charge is 2.39. The monoisotopic (exact) mass is 616 g/mol. The molecule has 0 spiro atoms. The predicted molar refractivity (Wildman–Crippen MR) is 152 cm³/mol. The molecular formula is C23H40N10O8S. The first-order valence-corrected chi connectivity index (χ1v) is 13.7. The van der Waals surface area contributed by atoms with Crippen LogP contribution < -0.4 is 44.6 Å². The van der Waals surface area contributed by atoms with Gasteiger partial charge in [0.2, 0.25) is 35.4 Å². The van der Waals surface area contributed by atoms with Gasteiger partial charge in [-0.3, -0.25) is 33.8 Å². The van der Waals surface area contributed by atoms with Crippen molar-refractivity contribution < 1.29 is 38.7 Å². The zero-order valence-electron chi connectivity index (χ0n) is 23.0. The van der Waals surface area contributed by atoms with Crippen LogP contribution in [0.4, 0.5) is 0 Å². The number of carbonyl (C=O) groups is 7. The molecule has 0 aliphatic carbocycles. The van der Waals surface area contributed by atoms with Gasteiger partial charge in [0, 0.05) is 25.3 Å². The number of carboxylic acid groups (broad SMARTS) is 1.